The Morgan fingerprint density at radius 1 is 1.05 bits per heavy atom. The van der Waals surface area contributed by atoms with Crippen LogP contribution in [0.4, 0.5) is 0 Å². The van der Waals surface area contributed by atoms with Gasteiger partial charge in [0.25, 0.3) is 5.91 Å². The van der Waals surface area contributed by atoms with E-state index in [1.165, 1.54) is 23.3 Å². The van der Waals surface area contributed by atoms with E-state index in [2.05, 4.69) is 32.4 Å². The largest absolute Gasteiger partial charge is 0.367 e. The number of nitrogens with zero attached hydrogens (tertiary/aromatic N) is 5. The normalized spacial score (nSPS) is 29.5. The van der Waals surface area contributed by atoms with Crippen LogP contribution in [0.2, 0.25) is 0 Å². The van der Waals surface area contributed by atoms with Gasteiger partial charge in [-0.25, -0.2) is 0 Å². The minimum absolute atomic E-state index is 0.0954. The van der Waals surface area contributed by atoms with E-state index in [1.807, 2.05) is 12.1 Å². The maximum atomic E-state index is 14.0. The van der Waals surface area contributed by atoms with Crippen LogP contribution < -0.4 is 5.32 Å². The summed E-state index contributed by atoms with van der Waals surface area (Å²) in [7, 11) is 0. The lowest BCUT2D eigenvalue weighted by molar-refractivity contribution is -0.143. The Morgan fingerprint density at radius 3 is 2.42 bits per heavy atom. The number of rotatable bonds is 6. The van der Waals surface area contributed by atoms with E-state index < -0.39 is 23.7 Å². The molecule has 0 bridgehead atoms. The highest BCUT2D eigenvalue weighted by Crippen LogP contribution is 2.37. The molecule has 1 N–H and O–H groups in total. The Bertz CT molecular complexity index is 1130. The molecule has 2 aliphatic carbocycles. The summed E-state index contributed by atoms with van der Waals surface area (Å²) in [6.07, 6.45) is 8.03. The van der Waals surface area contributed by atoms with Gasteiger partial charge in [-0.2, -0.15) is 0 Å². The second-order valence-electron chi connectivity index (χ2n) is 11.7. The summed E-state index contributed by atoms with van der Waals surface area (Å²) in [4.78, 5) is 47.1. The first-order chi connectivity index (χ1) is 18.5. The summed E-state index contributed by atoms with van der Waals surface area (Å²) in [5.74, 6) is -0.206. The molecule has 2 saturated carbocycles. The number of ketones is 1. The first-order valence-corrected chi connectivity index (χ1v) is 14.2. The molecule has 2 amide bonds. The van der Waals surface area contributed by atoms with Crippen LogP contribution in [0.25, 0.3) is 10.4 Å². The third-order valence-corrected chi connectivity index (χ3v) is 9.33. The number of nitrogens with one attached hydrogen (secondary N) is 1. The number of fused-ring (bicyclic) bond motifs is 1. The minimum atomic E-state index is -1.08. The molecule has 1 aromatic carbocycles. The number of benzene rings is 1. The third-order valence-electron chi connectivity index (χ3n) is 9.33. The molecule has 0 spiro atoms. The van der Waals surface area contributed by atoms with Crippen LogP contribution in [0.1, 0.15) is 79.6 Å². The molecule has 10 heteroatoms. The number of carbonyl (C=O) groups excluding carboxylic acids is 3. The van der Waals surface area contributed by atoms with Crippen molar-refractivity contribution in [3.63, 3.8) is 0 Å². The molecule has 3 aliphatic heterocycles. The monoisotopic (exact) mass is 520 g/mol. The van der Waals surface area contributed by atoms with Crippen molar-refractivity contribution in [2.24, 2.45) is 5.11 Å². The predicted molar refractivity (Wildman–Crippen MR) is 139 cm³/mol. The number of Topliss-reactive ketones (excluding diaryl/α,β-unsaturated/α-hetero) is 1. The fraction of sp³-hybridized carbons (Fsp3) is 0.679. The van der Waals surface area contributed by atoms with Crippen molar-refractivity contribution < 1.29 is 19.1 Å². The van der Waals surface area contributed by atoms with Gasteiger partial charge >= 0.3 is 0 Å². The third kappa shape index (κ3) is 4.70. The van der Waals surface area contributed by atoms with Crippen molar-refractivity contribution in [1.29, 1.82) is 0 Å². The molecule has 5 fully saturated rings. The summed E-state index contributed by atoms with van der Waals surface area (Å²) in [6, 6.07) is 7.30. The molecule has 10 nitrogen and oxygen atoms in total. The van der Waals surface area contributed by atoms with Gasteiger partial charge in [0.15, 0.2) is 5.78 Å². The van der Waals surface area contributed by atoms with E-state index in [0.29, 0.717) is 24.3 Å². The molecular weight excluding hydrogens is 484 g/mol. The van der Waals surface area contributed by atoms with E-state index in [-0.39, 0.29) is 30.7 Å². The first-order valence-electron chi connectivity index (χ1n) is 14.2. The molecule has 3 atom stereocenters. The number of piperidine rings is 1. The molecule has 202 valence electrons. The van der Waals surface area contributed by atoms with Crippen molar-refractivity contribution in [3.05, 3.63) is 45.8 Å². The van der Waals surface area contributed by atoms with Gasteiger partial charge in [-0.15, -0.1) is 0 Å². The van der Waals surface area contributed by atoms with Crippen molar-refractivity contribution in [3.8, 4) is 0 Å². The van der Waals surface area contributed by atoms with Gasteiger partial charge in [-0.05, 0) is 80.8 Å². The van der Waals surface area contributed by atoms with Gasteiger partial charge in [0.2, 0.25) is 5.91 Å². The van der Waals surface area contributed by atoms with E-state index in [9.17, 15) is 14.4 Å². The van der Waals surface area contributed by atoms with Crippen molar-refractivity contribution in [2.45, 2.75) is 93.5 Å². The lowest BCUT2D eigenvalue weighted by Gasteiger charge is -2.40. The summed E-state index contributed by atoms with van der Waals surface area (Å²) >= 11 is 0. The molecule has 0 radical (unpaired) electrons. The molecule has 0 unspecified atom stereocenters. The second kappa shape index (κ2) is 10.3. The highest BCUT2D eigenvalue weighted by molar-refractivity contribution is 6.01. The molecule has 0 aromatic heterocycles. The predicted octanol–water partition coefficient (Wildman–Crippen LogP) is 3.32. The molecule has 3 heterocycles. The molecule has 1 aromatic rings. The van der Waals surface area contributed by atoms with Crippen molar-refractivity contribution in [2.75, 3.05) is 26.2 Å². The maximum Gasteiger partial charge on any atom is 0.252 e. The smallest absolute Gasteiger partial charge is 0.252 e. The molecule has 3 saturated heterocycles. The van der Waals surface area contributed by atoms with Gasteiger partial charge in [0.1, 0.15) is 18.2 Å². The average molecular weight is 521 g/mol. The number of likely N-dealkylation sites (tertiary alicyclic amines) is 2. The second-order valence-corrected chi connectivity index (χ2v) is 11.7. The zero-order valence-corrected chi connectivity index (χ0v) is 21.8. The number of amides is 2. The van der Waals surface area contributed by atoms with E-state index in [4.69, 9.17) is 10.3 Å². The van der Waals surface area contributed by atoms with Gasteiger partial charge in [-0.1, -0.05) is 36.5 Å². The molecule has 38 heavy (non-hydrogen) atoms. The van der Waals surface area contributed by atoms with Crippen LogP contribution in [0.15, 0.2) is 29.4 Å². The quantitative estimate of drug-likeness (QED) is 0.350. The molecule has 5 aliphatic rings. The summed E-state index contributed by atoms with van der Waals surface area (Å²) in [5.41, 5.74) is 9.70. The first kappa shape index (κ1) is 25.3. The zero-order valence-electron chi connectivity index (χ0n) is 21.8. The fourth-order valence-corrected chi connectivity index (χ4v) is 7.06. The standard InChI is InChI=1S/C28H36N6O4/c29-32-31-22-16-34(24-23(35)17-38-25(22)24)27(37)28(12-2-1-3-13-28)30-26(36)20-6-4-18(5-7-20)19-10-14-33(15-11-19)21-8-9-21/h4-7,19,21-22,24-25H,1-3,8-17H2,(H,30,36)/t22-,24-,25-/m1/s1. The van der Waals surface area contributed by atoms with Crippen LogP contribution in [-0.2, 0) is 14.3 Å². The summed E-state index contributed by atoms with van der Waals surface area (Å²) in [5, 5.41) is 6.89. The lowest BCUT2D eigenvalue weighted by atomic mass is 9.80. The van der Waals surface area contributed by atoms with Crippen LogP contribution >= 0.6 is 0 Å². The van der Waals surface area contributed by atoms with E-state index in [1.54, 1.807) is 0 Å². The zero-order chi connectivity index (χ0) is 26.3. The number of carbonyl (C=O) groups is 3. The van der Waals surface area contributed by atoms with E-state index in [0.717, 1.165) is 51.2 Å². The Labute approximate surface area is 222 Å². The minimum Gasteiger partial charge on any atom is -0.367 e. The summed E-state index contributed by atoms with van der Waals surface area (Å²) < 4.78 is 5.59. The Kier molecular flexibility index (Phi) is 6.88. The van der Waals surface area contributed by atoms with Crippen LogP contribution in [0, 0.1) is 0 Å². The van der Waals surface area contributed by atoms with Gasteiger partial charge in [0.05, 0.1) is 12.1 Å². The Morgan fingerprint density at radius 2 is 1.76 bits per heavy atom. The topological polar surface area (TPSA) is 128 Å². The number of ether oxygens (including phenoxy) is 1. The van der Waals surface area contributed by atoms with Crippen molar-refractivity contribution in [1.82, 2.24) is 15.1 Å². The highest BCUT2D eigenvalue weighted by atomic mass is 16.5. The number of hydrogen-bond acceptors (Lipinski definition) is 6. The molecular formula is C28H36N6O4. The summed E-state index contributed by atoms with van der Waals surface area (Å²) in [6.45, 7) is 2.32. The highest BCUT2D eigenvalue weighted by Gasteiger charge is 2.56. The van der Waals surface area contributed by atoms with Gasteiger partial charge < -0.3 is 19.9 Å². The average Bonchev–Trinajstić information content (AvgIpc) is 3.64. The Balaban J connectivity index is 1.16. The van der Waals surface area contributed by atoms with E-state index >= 15 is 0 Å². The van der Waals surface area contributed by atoms with Crippen LogP contribution in [-0.4, -0.2) is 83.4 Å². The lowest BCUT2D eigenvalue weighted by Crippen LogP contribution is -2.62. The maximum absolute atomic E-state index is 14.0. The van der Waals surface area contributed by atoms with Gasteiger partial charge in [0, 0.05) is 23.1 Å². The Hall–Kier alpha value is -2.94. The van der Waals surface area contributed by atoms with Crippen LogP contribution in [0.5, 0.6) is 0 Å². The fourth-order valence-electron chi connectivity index (χ4n) is 7.06. The SMILES string of the molecule is [N-]=[N+]=N[C@@H]1CN(C(=O)C2(NC(=O)c3ccc(C4CCN(C5CC5)CC4)cc3)CCCCC2)[C@@H]2C(=O)CO[C@@H]21. The molecule has 6 rings (SSSR count). The van der Waals surface area contributed by atoms with Gasteiger partial charge in [-0.3, -0.25) is 14.4 Å². The number of hydrogen-bond donors (Lipinski definition) is 1. The number of azide groups is 1. The van der Waals surface area contributed by atoms with Crippen molar-refractivity contribution >= 4 is 17.6 Å². The van der Waals surface area contributed by atoms with Crippen LogP contribution in [0.3, 0.4) is 0 Å².